The molecule has 0 radical (unpaired) electrons. The first-order chi connectivity index (χ1) is 6.80. The Balaban J connectivity index is 2.73. The van der Waals surface area contributed by atoms with E-state index in [1.807, 2.05) is 29.9 Å². The Morgan fingerprint density at radius 1 is 1.47 bits per heavy atom. The van der Waals surface area contributed by atoms with Gasteiger partial charge in [-0.05, 0) is 11.0 Å². The van der Waals surface area contributed by atoms with Crippen molar-refractivity contribution in [3.63, 3.8) is 0 Å². The summed E-state index contributed by atoms with van der Waals surface area (Å²) in [6, 6.07) is 0. The zero-order valence-electron chi connectivity index (χ0n) is 10.4. The van der Waals surface area contributed by atoms with Crippen LogP contribution in [0.3, 0.4) is 0 Å². The number of hydrogen-bond acceptors (Lipinski definition) is 2. The minimum absolute atomic E-state index is 0.164. The topological polar surface area (TPSA) is 21.1 Å². The van der Waals surface area contributed by atoms with Crippen LogP contribution in [0.4, 0.5) is 0 Å². The summed E-state index contributed by atoms with van der Waals surface area (Å²) in [4.78, 5) is 2.01. The van der Waals surface area contributed by atoms with E-state index in [4.69, 9.17) is 0 Å². The second-order valence-corrected chi connectivity index (χ2v) is 5.14. The molecule has 3 heteroatoms. The summed E-state index contributed by atoms with van der Waals surface area (Å²) >= 11 is 0. The van der Waals surface area contributed by atoms with Crippen molar-refractivity contribution in [2.75, 3.05) is 14.1 Å². The summed E-state index contributed by atoms with van der Waals surface area (Å²) in [7, 11) is 3.99. The lowest BCUT2D eigenvalue weighted by Crippen LogP contribution is -2.15. The maximum atomic E-state index is 4.33. The lowest BCUT2D eigenvalue weighted by atomic mass is 9.90. The molecule has 1 aromatic rings. The number of nitrogens with zero attached hydrogens (tertiary/aromatic N) is 3. The monoisotopic (exact) mass is 207 g/mol. The van der Waals surface area contributed by atoms with Crippen LogP contribution in [-0.4, -0.2) is 28.8 Å². The molecule has 3 nitrogen and oxygen atoms in total. The lowest BCUT2D eigenvalue weighted by molar-refractivity contribution is 0.460. The first-order valence-electron chi connectivity index (χ1n) is 5.19. The zero-order valence-corrected chi connectivity index (χ0v) is 10.4. The maximum Gasteiger partial charge on any atom is 0.0801 e. The smallest absolute Gasteiger partial charge is 0.0801 e. The number of likely N-dealkylation sites (N-methyl/N-ethyl adjacent to an activating group) is 1. The van der Waals surface area contributed by atoms with Crippen LogP contribution in [0.15, 0.2) is 24.7 Å². The summed E-state index contributed by atoms with van der Waals surface area (Å²) in [6.07, 6.45) is 4.03. The van der Waals surface area contributed by atoms with Gasteiger partial charge in [0.25, 0.3) is 0 Å². The average molecular weight is 207 g/mol. The Hall–Kier alpha value is -1.25. The van der Waals surface area contributed by atoms with Crippen LogP contribution in [0.25, 0.3) is 0 Å². The van der Waals surface area contributed by atoms with Crippen LogP contribution in [0.5, 0.6) is 0 Å². The quantitative estimate of drug-likeness (QED) is 0.758. The van der Waals surface area contributed by atoms with Crippen LogP contribution < -0.4 is 0 Å². The number of rotatable bonds is 3. The third kappa shape index (κ3) is 3.11. The molecular formula is C12H21N3. The van der Waals surface area contributed by atoms with E-state index in [0.717, 1.165) is 12.2 Å². The van der Waals surface area contributed by atoms with Gasteiger partial charge in [0.2, 0.25) is 0 Å². The van der Waals surface area contributed by atoms with Crippen LogP contribution >= 0.6 is 0 Å². The summed E-state index contributed by atoms with van der Waals surface area (Å²) in [5, 5.41) is 4.33. The molecule has 15 heavy (non-hydrogen) atoms. The third-order valence-electron chi connectivity index (χ3n) is 2.48. The maximum absolute atomic E-state index is 4.33. The zero-order chi connectivity index (χ0) is 11.6. The second kappa shape index (κ2) is 4.09. The molecule has 0 aliphatic carbocycles. The summed E-state index contributed by atoms with van der Waals surface area (Å²) in [5.74, 6) is 0. The normalized spacial score (nSPS) is 11.5. The van der Waals surface area contributed by atoms with Crippen molar-refractivity contribution >= 4 is 0 Å². The molecule has 0 amide bonds. The van der Waals surface area contributed by atoms with Crippen molar-refractivity contribution in [3.05, 3.63) is 30.2 Å². The molecule has 84 valence electrons. The van der Waals surface area contributed by atoms with Gasteiger partial charge >= 0.3 is 0 Å². The van der Waals surface area contributed by atoms with Gasteiger partial charge in [-0.3, -0.25) is 4.68 Å². The molecule has 0 saturated heterocycles. The van der Waals surface area contributed by atoms with Crippen molar-refractivity contribution in [1.29, 1.82) is 0 Å². The van der Waals surface area contributed by atoms with E-state index < -0.39 is 0 Å². The molecule has 0 saturated carbocycles. The molecule has 0 spiro atoms. The van der Waals surface area contributed by atoms with E-state index in [2.05, 4.69) is 38.6 Å². The predicted molar refractivity (Wildman–Crippen MR) is 63.8 cm³/mol. The van der Waals surface area contributed by atoms with E-state index in [1.54, 1.807) is 0 Å². The van der Waals surface area contributed by atoms with Gasteiger partial charge in [0.1, 0.15) is 0 Å². The molecule has 0 N–H and O–H groups in total. The number of hydrogen-bond donors (Lipinski definition) is 0. The molecule has 1 aromatic heterocycles. The molecule has 0 aliphatic heterocycles. The van der Waals surface area contributed by atoms with Gasteiger partial charge in [-0.2, -0.15) is 5.10 Å². The van der Waals surface area contributed by atoms with Crippen molar-refractivity contribution < 1.29 is 0 Å². The Kier molecular flexibility index (Phi) is 3.22. The van der Waals surface area contributed by atoms with Gasteiger partial charge in [-0.15, -0.1) is 0 Å². The Morgan fingerprint density at radius 3 is 2.47 bits per heavy atom. The number of allylic oxidation sites excluding steroid dienone is 1. The van der Waals surface area contributed by atoms with Crippen LogP contribution in [0, 0.1) is 0 Å². The van der Waals surface area contributed by atoms with E-state index in [0.29, 0.717) is 0 Å². The van der Waals surface area contributed by atoms with E-state index in [9.17, 15) is 0 Å². The molecule has 0 bridgehead atoms. The Morgan fingerprint density at radius 2 is 2.07 bits per heavy atom. The fourth-order valence-corrected chi connectivity index (χ4v) is 1.17. The van der Waals surface area contributed by atoms with Crippen LogP contribution in [0.1, 0.15) is 26.3 Å². The largest absolute Gasteiger partial charge is 0.380 e. The highest BCUT2D eigenvalue weighted by atomic mass is 15.3. The third-order valence-corrected chi connectivity index (χ3v) is 2.48. The fourth-order valence-electron chi connectivity index (χ4n) is 1.17. The van der Waals surface area contributed by atoms with Gasteiger partial charge in [-0.25, -0.2) is 0 Å². The minimum Gasteiger partial charge on any atom is -0.380 e. The first-order valence-corrected chi connectivity index (χ1v) is 5.19. The molecule has 0 aliphatic rings. The van der Waals surface area contributed by atoms with E-state index in [-0.39, 0.29) is 5.41 Å². The van der Waals surface area contributed by atoms with Crippen LogP contribution in [0.2, 0.25) is 0 Å². The highest BCUT2D eigenvalue weighted by Gasteiger charge is 2.15. The first kappa shape index (κ1) is 11.8. The molecular weight excluding hydrogens is 186 g/mol. The summed E-state index contributed by atoms with van der Waals surface area (Å²) < 4.78 is 1.93. The molecule has 0 unspecified atom stereocenters. The van der Waals surface area contributed by atoms with Crippen molar-refractivity contribution in [3.8, 4) is 0 Å². The highest BCUT2D eigenvalue weighted by Crippen LogP contribution is 2.21. The van der Waals surface area contributed by atoms with Gasteiger partial charge in [0.15, 0.2) is 0 Å². The Labute approximate surface area is 92.4 Å². The van der Waals surface area contributed by atoms with E-state index >= 15 is 0 Å². The summed E-state index contributed by atoms with van der Waals surface area (Å²) in [6.45, 7) is 11.3. The second-order valence-electron chi connectivity index (χ2n) is 5.14. The molecule has 0 aromatic carbocycles. The van der Waals surface area contributed by atoms with Gasteiger partial charge in [0, 0.05) is 26.0 Å². The standard InChI is InChI=1S/C12H21N3/c1-10(14(5)6)8-15-9-11(7-13-15)12(2,3)4/h7,9H,1,8H2,2-6H3. The average Bonchev–Trinajstić information content (AvgIpc) is 2.51. The molecule has 1 rings (SSSR count). The summed E-state index contributed by atoms with van der Waals surface area (Å²) in [5.41, 5.74) is 2.48. The SMILES string of the molecule is C=C(Cn1cc(C(C)(C)C)cn1)N(C)C. The van der Waals surface area contributed by atoms with Gasteiger partial charge in [-0.1, -0.05) is 27.4 Å². The fraction of sp³-hybridized carbons (Fsp3) is 0.583. The van der Waals surface area contributed by atoms with Gasteiger partial charge in [0.05, 0.1) is 12.7 Å². The Bertz CT molecular complexity index is 342. The molecule has 0 fully saturated rings. The van der Waals surface area contributed by atoms with Crippen molar-refractivity contribution in [2.45, 2.75) is 32.7 Å². The van der Waals surface area contributed by atoms with Gasteiger partial charge < -0.3 is 4.90 Å². The highest BCUT2D eigenvalue weighted by molar-refractivity contribution is 5.15. The minimum atomic E-state index is 0.164. The van der Waals surface area contributed by atoms with E-state index in [1.165, 1.54) is 5.56 Å². The number of aromatic nitrogens is 2. The van der Waals surface area contributed by atoms with Crippen molar-refractivity contribution in [1.82, 2.24) is 14.7 Å². The van der Waals surface area contributed by atoms with Crippen molar-refractivity contribution in [2.24, 2.45) is 0 Å². The lowest BCUT2D eigenvalue weighted by Gasteiger charge is -2.16. The molecule has 1 heterocycles. The van der Waals surface area contributed by atoms with Crippen LogP contribution in [-0.2, 0) is 12.0 Å². The molecule has 0 atom stereocenters. The predicted octanol–water partition coefficient (Wildman–Crippen LogP) is 2.26.